The molecule has 1 aliphatic heterocycles. The summed E-state index contributed by atoms with van der Waals surface area (Å²) in [4.78, 5) is 14.2. The molecule has 0 aromatic heterocycles. The number of hydrogen-bond donors (Lipinski definition) is 0. The molecule has 0 atom stereocenters. The zero-order valence-corrected chi connectivity index (χ0v) is 16.5. The Morgan fingerprint density at radius 1 is 1.19 bits per heavy atom. The summed E-state index contributed by atoms with van der Waals surface area (Å²) in [6.45, 7) is 7.06. The first-order chi connectivity index (χ1) is 12.9. The molecular formula is C22H22FNO2S. The molecule has 0 N–H and O–H groups in total. The molecule has 0 unspecified atom stereocenters. The number of carbonyl (C=O) groups excluding carboxylic acids is 1. The third kappa shape index (κ3) is 4.28. The van der Waals surface area contributed by atoms with Gasteiger partial charge in [-0.05, 0) is 59.9 Å². The van der Waals surface area contributed by atoms with E-state index in [2.05, 4.69) is 31.8 Å². The molecule has 0 fully saturated rings. The van der Waals surface area contributed by atoms with E-state index in [-0.39, 0.29) is 23.8 Å². The number of anilines is 1. The van der Waals surface area contributed by atoms with E-state index in [1.165, 1.54) is 0 Å². The molecule has 0 radical (unpaired) electrons. The maximum atomic E-state index is 12.3. The van der Waals surface area contributed by atoms with Gasteiger partial charge in [-0.3, -0.25) is 4.79 Å². The average Bonchev–Trinajstić information content (AvgIpc) is 2.67. The number of amides is 1. The van der Waals surface area contributed by atoms with Crippen molar-refractivity contribution < 1.29 is 12.9 Å². The second kappa shape index (κ2) is 8.06. The molecule has 2 aromatic rings. The lowest BCUT2D eigenvalue weighted by Crippen LogP contribution is -2.40. The number of rotatable bonds is 3. The molecule has 140 valence electrons. The number of halogens is 1. The van der Waals surface area contributed by atoms with Gasteiger partial charge in [0.25, 0.3) is 12.4 Å². The van der Waals surface area contributed by atoms with E-state index in [1.807, 2.05) is 24.0 Å². The Morgan fingerprint density at radius 3 is 2.52 bits per heavy atom. The van der Waals surface area contributed by atoms with Gasteiger partial charge in [0.1, 0.15) is 5.75 Å². The Labute approximate surface area is 164 Å². The largest absolute Gasteiger partial charge is 0.397 e. The summed E-state index contributed by atoms with van der Waals surface area (Å²) in [5, 5.41) is 0. The molecule has 1 aliphatic rings. The Balaban J connectivity index is 1.90. The van der Waals surface area contributed by atoms with Crippen LogP contribution in [0.2, 0.25) is 0 Å². The fourth-order valence-electron chi connectivity index (χ4n) is 3.26. The minimum atomic E-state index is -0.177. The summed E-state index contributed by atoms with van der Waals surface area (Å²) in [6.07, 6.45) is 1.43. The van der Waals surface area contributed by atoms with Crippen LogP contribution in [0.15, 0.2) is 42.5 Å². The van der Waals surface area contributed by atoms with Crippen LogP contribution in [0.5, 0.6) is 5.75 Å². The van der Waals surface area contributed by atoms with Crippen LogP contribution in [0.25, 0.3) is 0 Å². The van der Waals surface area contributed by atoms with Gasteiger partial charge in [-0.15, -0.1) is 3.89 Å². The first-order valence-corrected chi connectivity index (χ1v) is 9.61. The summed E-state index contributed by atoms with van der Waals surface area (Å²) < 4.78 is 16.8. The van der Waals surface area contributed by atoms with Gasteiger partial charge in [0.05, 0.1) is 0 Å². The molecule has 3 rings (SSSR count). The Hall–Kier alpha value is -2.45. The van der Waals surface area contributed by atoms with Gasteiger partial charge in [0.15, 0.2) is 0 Å². The fourth-order valence-corrected chi connectivity index (χ4v) is 3.45. The van der Waals surface area contributed by atoms with Crippen LogP contribution in [0.4, 0.5) is 9.57 Å². The molecule has 5 heteroatoms. The van der Waals surface area contributed by atoms with Crippen LogP contribution in [0.1, 0.15) is 50.3 Å². The van der Waals surface area contributed by atoms with Crippen LogP contribution in [-0.2, 0) is 10.2 Å². The molecule has 0 aliphatic carbocycles. The first kappa shape index (κ1) is 19.3. The van der Waals surface area contributed by atoms with Gasteiger partial charge in [-0.25, -0.2) is 0 Å². The van der Waals surface area contributed by atoms with Crippen LogP contribution < -0.4 is 9.08 Å². The summed E-state index contributed by atoms with van der Waals surface area (Å²) in [5.74, 6) is 6.91. The van der Waals surface area contributed by atoms with Crippen molar-refractivity contribution in [1.82, 2.24) is 0 Å². The van der Waals surface area contributed by atoms with E-state index >= 15 is 0 Å². The van der Waals surface area contributed by atoms with E-state index < -0.39 is 0 Å². The van der Waals surface area contributed by atoms with Gasteiger partial charge < -0.3 is 9.08 Å². The minimum Gasteiger partial charge on any atom is -0.397 e. The van der Waals surface area contributed by atoms with Crippen molar-refractivity contribution in [1.29, 1.82) is 0 Å². The van der Waals surface area contributed by atoms with Crippen molar-refractivity contribution in [3.05, 3.63) is 59.2 Å². The minimum absolute atomic E-state index is 0.000560. The molecule has 3 nitrogen and oxygen atoms in total. The van der Waals surface area contributed by atoms with Crippen molar-refractivity contribution >= 4 is 24.0 Å². The zero-order valence-electron chi connectivity index (χ0n) is 15.7. The lowest BCUT2D eigenvalue weighted by molar-refractivity contribution is -0.118. The lowest BCUT2D eigenvalue weighted by Gasteiger charge is -2.39. The van der Waals surface area contributed by atoms with Crippen LogP contribution >= 0.6 is 12.4 Å². The molecule has 0 saturated heterocycles. The summed E-state index contributed by atoms with van der Waals surface area (Å²) in [6, 6.07) is 13.0. The summed E-state index contributed by atoms with van der Waals surface area (Å²) in [7, 11) is 0. The van der Waals surface area contributed by atoms with E-state index in [4.69, 9.17) is 4.18 Å². The second-order valence-electron chi connectivity index (χ2n) is 7.19. The SMILES string of the molecule is CCC(=O)N1CCC(C)(C)c2cc(C#Cc3ccc(OSF)cc3)ccc21. The molecule has 2 aromatic carbocycles. The number of fused-ring (bicyclic) bond motifs is 1. The average molecular weight is 383 g/mol. The van der Waals surface area contributed by atoms with Crippen molar-refractivity contribution in [3.8, 4) is 17.6 Å². The monoisotopic (exact) mass is 383 g/mol. The van der Waals surface area contributed by atoms with Crippen molar-refractivity contribution in [2.45, 2.75) is 39.0 Å². The molecular weight excluding hydrogens is 361 g/mol. The highest BCUT2D eigenvalue weighted by Crippen LogP contribution is 2.40. The number of carbonyl (C=O) groups is 1. The van der Waals surface area contributed by atoms with Crippen molar-refractivity contribution in [2.75, 3.05) is 11.4 Å². The van der Waals surface area contributed by atoms with Crippen molar-refractivity contribution in [2.24, 2.45) is 0 Å². The Morgan fingerprint density at radius 2 is 1.85 bits per heavy atom. The Bertz CT molecular complexity index is 897. The molecule has 0 bridgehead atoms. The van der Waals surface area contributed by atoms with Crippen LogP contribution in [0, 0.1) is 11.8 Å². The maximum Gasteiger partial charge on any atom is 0.272 e. The van der Waals surface area contributed by atoms with Crippen LogP contribution in [0.3, 0.4) is 0 Å². The van der Waals surface area contributed by atoms with E-state index in [9.17, 15) is 8.68 Å². The van der Waals surface area contributed by atoms with Gasteiger partial charge in [0, 0.05) is 29.8 Å². The van der Waals surface area contributed by atoms with Gasteiger partial charge >= 0.3 is 0 Å². The molecule has 0 saturated carbocycles. The summed E-state index contributed by atoms with van der Waals surface area (Å²) >= 11 is -0.177. The highest BCUT2D eigenvalue weighted by molar-refractivity contribution is 7.89. The van der Waals surface area contributed by atoms with E-state index in [0.717, 1.165) is 35.3 Å². The van der Waals surface area contributed by atoms with E-state index in [1.54, 1.807) is 24.3 Å². The number of hydrogen-bond acceptors (Lipinski definition) is 3. The lowest BCUT2D eigenvalue weighted by atomic mass is 9.77. The smallest absolute Gasteiger partial charge is 0.272 e. The van der Waals surface area contributed by atoms with E-state index in [0.29, 0.717) is 12.2 Å². The highest BCUT2D eigenvalue weighted by Gasteiger charge is 2.33. The second-order valence-corrected chi connectivity index (χ2v) is 7.48. The molecule has 0 spiro atoms. The molecule has 1 amide bonds. The fraction of sp³-hybridized carbons (Fsp3) is 0.318. The third-order valence-corrected chi connectivity index (χ3v) is 5.17. The molecule has 27 heavy (non-hydrogen) atoms. The number of nitrogens with zero attached hydrogens (tertiary/aromatic N) is 1. The van der Waals surface area contributed by atoms with Gasteiger partial charge in [-0.2, -0.15) is 0 Å². The summed E-state index contributed by atoms with van der Waals surface area (Å²) in [5.41, 5.74) is 3.89. The van der Waals surface area contributed by atoms with Gasteiger partial charge in [-0.1, -0.05) is 32.6 Å². The normalized spacial score (nSPS) is 14.7. The first-order valence-electron chi connectivity index (χ1n) is 8.97. The highest BCUT2D eigenvalue weighted by atomic mass is 32.2. The quantitative estimate of drug-likeness (QED) is 0.523. The third-order valence-electron chi connectivity index (χ3n) is 4.91. The number of benzene rings is 2. The standard InChI is InChI=1S/C22H22FNO2S/c1-4-21(25)24-14-13-22(2,3)19-15-17(9-12-20(19)24)6-5-16-7-10-18(11-8-16)26-27-23/h7-12,15H,4,13-14H2,1-3H3. The Kier molecular flexibility index (Phi) is 5.76. The van der Waals surface area contributed by atoms with Crippen molar-refractivity contribution in [3.63, 3.8) is 0 Å². The predicted octanol–water partition coefficient (Wildman–Crippen LogP) is 5.42. The topological polar surface area (TPSA) is 29.5 Å². The van der Waals surface area contributed by atoms with Gasteiger partial charge in [0.2, 0.25) is 5.91 Å². The molecule has 1 heterocycles. The van der Waals surface area contributed by atoms with Crippen LogP contribution in [-0.4, -0.2) is 12.5 Å². The maximum absolute atomic E-state index is 12.3. The predicted molar refractivity (Wildman–Crippen MR) is 108 cm³/mol. The zero-order chi connectivity index (χ0) is 19.4.